The number of hydrogen-bond donors (Lipinski definition) is 0. The van der Waals surface area contributed by atoms with Gasteiger partial charge in [0, 0.05) is 22.5 Å². The Morgan fingerprint density at radius 1 is 0.833 bits per heavy atom. The van der Waals surface area contributed by atoms with Crippen LogP contribution in [0.1, 0.15) is 65.2 Å². The number of ketones is 1. The lowest BCUT2D eigenvalue weighted by Crippen LogP contribution is -2.24. The summed E-state index contributed by atoms with van der Waals surface area (Å²) in [6, 6.07) is 0. The van der Waals surface area contributed by atoms with Gasteiger partial charge < -0.3 is 0 Å². The van der Waals surface area contributed by atoms with Gasteiger partial charge in [0.15, 0.2) is 0 Å². The van der Waals surface area contributed by atoms with Crippen LogP contribution in [0.25, 0.3) is 0 Å². The molecule has 1 nitrogen and oxygen atoms in total. The van der Waals surface area contributed by atoms with E-state index in [0.717, 1.165) is 62.0 Å². The molecule has 0 aliphatic carbocycles. The van der Waals surface area contributed by atoms with Gasteiger partial charge in [-0.2, -0.15) is 0 Å². The van der Waals surface area contributed by atoms with Gasteiger partial charge in [0.25, 0.3) is 0 Å². The monoisotopic (exact) mass is 382 g/mol. The Hall–Kier alpha value is 0.630. The maximum Gasteiger partial charge on any atom is 0.139 e. The van der Waals surface area contributed by atoms with E-state index in [1.165, 1.54) is 0 Å². The second-order valence-electron chi connectivity index (χ2n) is 5.04. The number of halogens is 2. The molecule has 0 N–H and O–H groups in total. The second kappa shape index (κ2) is 12.7. The number of hydrogen-bond acceptors (Lipinski definition) is 1. The Morgan fingerprint density at radius 3 is 1.50 bits per heavy atom. The molecular formula is C15H28Br2O. The van der Waals surface area contributed by atoms with Crippen LogP contribution in [0.5, 0.6) is 0 Å². The fourth-order valence-electron chi connectivity index (χ4n) is 2.54. The van der Waals surface area contributed by atoms with Crippen molar-refractivity contribution in [3.8, 4) is 0 Å². The second-order valence-corrected chi connectivity index (χ2v) is 6.62. The van der Waals surface area contributed by atoms with E-state index in [-0.39, 0.29) is 0 Å². The molecule has 3 heteroatoms. The van der Waals surface area contributed by atoms with Crippen LogP contribution in [0.4, 0.5) is 0 Å². The van der Waals surface area contributed by atoms with E-state index < -0.39 is 0 Å². The minimum absolute atomic E-state index is 0.305. The summed E-state index contributed by atoms with van der Waals surface area (Å²) in [5.41, 5.74) is 0. The van der Waals surface area contributed by atoms with Gasteiger partial charge in [0.2, 0.25) is 0 Å². The van der Waals surface area contributed by atoms with Crippen molar-refractivity contribution in [3.63, 3.8) is 0 Å². The van der Waals surface area contributed by atoms with Crippen molar-refractivity contribution >= 4 is 37.6 Å². The Bertz CT molecular complexity index is 187. The van der Waals surface area contributed by atoms with Gasteiger partial charge in [-0.05, 0) is 38.5 Å². The van der Waals surface area contributed by atoms with Crippen molar-refractivity contribution in [2.24, 2.45) is 11.8 Å². The molecule has 0 aliphatic heterocycles. The van der Waals surface area contributed by atoms with Crippen molar-refractivity contribution in [2.75, 3.05) is 10.7 Å². The predicted molar refractivity (Wildman–Crippen MR) is 87.9 cm³/mol. The number of Topliss-reactive ketones (excluding diaryl/α,β-unsaturated/α-hetero) is 1. The fraction of sp³-hybridized carbons (Fsp3) is 0.933. The topological polar surface area (TPSA) is 17.1 Å². The SMILES string of the molecule is CCCC(CCCBr)C(=O)C(CCC)CCCBr. The Morgan fingerprint density at radius 2 is 1.22 bits per heavy atom. The maximum atomic E-state index is 12.6. The zero-order valence-corrected chi connectivity index (χ0v) is 15.1. The first-order chi connectivity index (χ1) is 8.71. The minimum atomic E-state index is 0.305. The fourth-order valence-corrected chi connectivity index (χ4v) is 3.18. The summed E-state index contributed by atoms with van der Waals surface area (Å²) < 4.78 is 0. The van der Waals surface area contributed by atoms with E-state index in [2.05, 4.69) is 45.7 Å². The quantitative estimate of drug-likeness (QED) is 0.392. The number of alkyl halides is 2. The molecule has 0 radical (unpaired) electrons. The van der Waals surface area contributed by atoms with Crippen molar-refractivity contribution in [1.29, 1.82) is 0 Å². The maximum absolute atomic E-state index is 12.6. The van der Waals surface area contributed by atoms with Gasteiger partial charge in [-0.15, -0.1) is 0 Å². The minimum Gasteiger partial charge on any atom is -0.299 e. The van der Waals surface area contributed by atoms with Crippen LogP contribution in [0.15, 0.2) is 0 Å². The van der Waals surface area contributed by atoms with Crippen LogP contribution in [0.2, 0.25) is 0 Å². The highest BCUT2D eigenvalue weighted by Gasteiger charge is 2.24. The third-order valence-corrected chi connectivity index (χ3v) is 4.57. The highest BCUT2D eigenvalue weighted by atomic mass is 79.9. The highest BCUT2D eigenvalue weighted by Crippen LogP contribution is 2.25. The van der Waals surface area contributed by atoms with Crippen molar-refractivity contribution in [1.82, 2.24) is 0 Å². The van der Waals surface area contributed by atoms with E-state index in [1.807, 2.05) is 0 Å². The highest BCUT2D eigenvalue weighted by molar-refractivity contribution is 9.09. The van der Waals surface area contributed by atoms with E-state index in [9.17, 15) is 4.79 Å². The third kappa shape index (κ3) is 7.93. The Labute approximate surface area is 130 Å². The summed E-state index contributed by atoms with van der Waals surface area (Å²) in [7, 11) is 0. The van der Waals surface area contributed by atoms with E-state index >= 15 is 0 Å². The lowest BCUT2D eigenvalue weighted by atomic mass is 9.82. The van der Waals surface area contributed by atoms with Gasteiger partial charge in [-0.3, -0.25) is 4.79 Å². The lowest BCUT2D eigenvalue weighted by Gasteiger charge is -2.21. The lowest BCUT2D eigenvalue weighted by molar-refractivity contribution is -0.127. The smallest absolute Gasteiger partial charge is 0.139 e. The molecule has 0 aromatic heterocycles. The molecule has 0 heterocycles. The number of carbonyl (C=O) groups excluding carboxylic acids is 1. The van der Waals surface area contributed by atoms with Crippen LogP contribution >= 0.6 is 31.9 Å². The van der Waals surface area contributed by atoms with Gasteiger partial charge in [-0.25, -0.2) is 0 Å². The first-order valence-electron chi connectivity index (χ1n) is 7.36. The molecule has 18 heavy (non-hydrogen) atoms. The number of rotatable bonds is 12. The zero-order valence-electron chi connectivity index (χ0n) is 11.9. The molecule has 0 saturated heterocycles. The molecular weight excluding hydrogens is 356 g/mol. The Kier molecular flexibility index (Phi) is 13.1. The molecule has 108 valence electrons. The van der Waals surface area contributed by atoms with E-state index in [4.69, 9.17) is 0 Å². The molecule has 2 unspecified atom stereocenters. The average Bonchev–Trinajstić information content (AvgIpc) is 2.38. The van der Waals surface area contributed by atoms with Crippen LogP contribution in [-0.2, 0) is 4.79 Å². The van der Waals surface area contributed by atoms with Crippen molar-refractivity contribution in [3.05, 3.63) is 0 Å². The number of carbonyl (C=O) groups is 1. The largest absolute Gasteiger partial charge is 0.299 e. The molecule has 0 fully saturated rings. The van der Waals surface area contributed by atoms with Crippen LogP contribution in [0.3, 0.4) is 0 Å². The summed E-state index contributed by atoms with van der Waals surface area (Å²) in [6.07, 6.45) is 8.74. The normalized spacial score (nSPS) is 14.4. The summed E-state index contributed by atoms with van der Waals surface area (Å²) in [6.45, 7) is 4.36. The first kappa shape index (κ1) is 18.6. The van der Waals surface area contributed by atoms with Gasteiger partial charge in [0.05, 0.1) is 0 Å². The molecule has 0 bridgehead atoms. The van der Waals surface area contributed by atoms with Crippen LogP contribution in [-0.4, -0.2) is 16.4 Å². The molecule has 2 atom stereocenters. The molecule has 0 spiro atoms. The molecule has 0 aromatic rings. The van der Waals surface area contributed by atoms with Crippen molar-refractivity contribution < 1.29 is 4.79 Å². The van der Waals surface area contributed by atoms with Gasteiger partial charge >= 0.3 is 0 Å². The molecule has 0 rings (SSSR count). The van der Waals surface area contributed by atoms with Crippen molar-refractivity contribution in [2.45, 2.75) is 65.2 Å². The summed E-state index contributed by atoms with van der Waals surface area (Å²) >= 11 is 6.94. The van der Waals surface area contributed by atoms with E-state index in [0.29, 0.717) is 17.6 Å². The molecule has 0 aliphatic rings. The van der Waals surface area contributed by atoms with Gasteiger partial charge in [-0.1, -0.05) is 58.5 Å². The molecule has 0 amide bonds. The summed E-state index contributed by atoms with van der Waals surface area (Å²) in [5.74, 6) is 1.15. The van der Waals surface area contributed by atoms with Gasteiger partial charge in [0.1, 0.15) is 5.78 Å². The molecule has 0 aromatic carbocycles. The third-order valence-electron chi connectivity index (χ3n) is 3.45. The Balaban J connectivity index is 4.43. The summed E-state index contributed by atoms with van der Waals surface area (Å²) in [4.78, 5) is 12.6. The predicted octanol–water partition coefficient (Wildman–Crippen LogP) is 5.74. The first-order valence-corrected chi connectivity index (χ1v) is 9.61. The average molecular weight is 384 g/mol. The van der Waals surface area contributed by atoms with Crippen LogP contribution < -0.4 is 0 Å². The zero-order chi connectivity index (χ0) is 13.8. The van der Waals surface area contributed by atoms with E-state index in [1.54, 1.807) is 0 Å². The standard InChI is InChI=1S/C15H28Br2O/c1-3-7-13(9-5-11-16)15(18)14(8-4-2)10-6-12-17/h13-14H,3-12H2,1-2H3. The van der Waals surface area contributed by atoms with Crippen LogP contribution in [0, 0.1) is 11.8 Å². The molecule has 0 saturated carbocycles. The summed E-state index contributed by atoms with van der Waals surface area (Å²) in [5, 5.41) is 2.03.